The highest BCUT2D eigenvalue weighted by Gasteiger charge is 2.27. The lowest BCUT2D eigenvalue weighted by molar-refractivity contribution is -0.386. The molecule has 2 N–H and O–H groups in total. The number of anilines is 1. The number of nitrogen functional groups attached to an aromatic ring is 1. The minimum atomic E-state index is -3.05. The summed E-state index contributed by atoms with van der Waals surface area (Å²) in [6.45, 7) is 0. The van der Waals surface area contributed by atoms with Gasteiger partial charge < -0.3 is 10.5 Å². The van der Waals surface area contributed by atoms with Gasteiger partial charge in [-0.05, 0) is 0 Å². The van der Waals surface area contributed by atoms with E-state index >= 15 is 0 Å². The quantitative estimate of drug-likeness (QED) is 0.614. The Labute approximate surface area is 82.8 Å². The Hall–Kier alpha value is -1.99. The zero-order valence-electron chi connectivity index (χ0n) is 7.61. The van der Waals surface area contributed by atoms with Crippen LogP contribution in [0.25, 0.3) is 0 Å². The van der Waals surface area contributed by atoms with Gasteiger partial charge in [-0.15, -0.1) is 0 Å². The first-order chi connectivity index (χ1) is 6.99. The van der Waals surface area contributed by atoms with Crippen LogP contribution < -0.4 is 10.5 Å². The van der Waals surface area contributed by atoms with Crippen LogP contribution in [-0.2, 0) is 0 Å². The number of alkyl halides is 2. The lowest BCUT2D eigenvalue weighted by Crippen LogP contribution is -2.05. The van der Waals surface area contributed by atoms with Gasteiger partial charge in [0.2, 0.25) is 5.88 Å². The van der Waals surface area contributed by atoms with Gasteiger partial charge in [-0.1, -0.05) is 0 Å². The molecule has 0 saturated heterocycles. The molecule has 0 aliphatic heterocycles. The molecular formula is C7H7F2N3O3. The van der Waals surface area contributed by atoms with Gasteiger partial charge in [0.05, 0.1) is 12.0 Å². The van der Waals surface area contributed by atoms with Crippen LogP contribution in [0.3, 0.4) is 0 Å². The number of pyridine rings is 1. The summed E-state index contributed by atoms with van der Waals surface area (Å²) in [7, 11) is 1.18. The van der Waals surface area contributed by atoms with Crippen molar-refractivity contribution >= 4 is 11.4 Å². The molecule has 0 amide bonds. The number of methoxy groups -OCH3 is 1. The molecule has 6 nitrogen and oxygen atoms in total. The van der Waals surface area contributed by atoms with Gasteiger partial charge in [-0.2, -0.15) is 0 Å². The van der Waals surface area contributed by atoms with Crippen molar-refractivity contribution in [3.05, 3.63) is 21.9 Å². The van der Waals surface area contributed by atoms with Crippen molar-refractivity contribution in [2.75, 3.05) is 12.8 Å². The van der Waals surface area contributed by atoms with E-state index in [0.717, 1.165) is 0 Å². The number of ether oxygens (including phenoxy) is 1. The van der Waals surface area contributed by atoms with Crippen LogP contribution >= 0.6 is 0 Å². The smallest absolute Gasteiger partial charge is 0.298 e. The molecule has 15 heavy (non-hydrogen) atoms. The highest BCUT2D eigenvalue weighted by atomic mass is 19.3. The lowest BCUT2D eigenvalue weighted by Gasteiger charge is -2.08. The zero-order valence-corrected chi connectivity index (χ0v) is 7.61. The first-order valence-corrected chi connectivity index (χ1v) is 3.74. The third-order valence-electron chi connectivity index (χ3n) is 1.71. The Balaban J connectivity index is 3.44. The molecule has 0 radical (unpaired) electrons. The summed E-state index contributed by atoms with van der Waals surface area (Å²) in [5.74, 6) is -0.254. The third kappa shape index (κ3) is 1.92. The van der Waals surface area contributed by atoms with Crippen molar-refractivity contribution in [1.82, 2.24) is 4.98 Å². The monoisotopic (exact) mass is 219 g/mol. The van der Waals surface area contributed by atoms with Crippen LogP contribution in [0.2, 0.25) is 0 Å². The fourth-order valence-electron chi connectivity index (χ4n) is 1.05. The minimum Gasteiger partial charge on any atom is -0.480 e. The van der Waals surface area contributed by atoms with Crippen molar-refractivity contribution in [1.29, 1.82) is 0 Å². The van der Waals surface area contributed by atoms with Crippen molar-refractivity contribution in [3.63, 3.8) is 0 Å². The van der Waals surface area contributed by atoms with Gasteiger partial charge in [0.15, 0.2) is 0 Å². The van der Waals surface area contributed by atoms with Gasteiger partial charge in [0.25, 0.3) is 12.1 Å². The van der Waals surface area contributed by atoms with Crippen LogP contribution in [-0.4, -0.2) is 17.0 Å². The van der Waals surface area contributed by atoms with Crippen molar-refractivity contribution in [2.45, 2.75) is 6.43 Å². The largest absolute Gasteiger partial charge is 0.480 e. The number of nitrogens with two attached hydrogens (primary N) is 1. The summed E-state index contributed by atoms with van der Waals surface area (Å²) in [4.78, 5) is 12.9. The minimum absolute atomic E-state index is 0.254. The molecule has 1 rings (SSSR count). The molecule has 0 atom stereocenters. The van der Waals surface area contributed by atoms with Crippen molar-refractivity contribution in [3.8, 4) is 5.88 Å². The van der Waals surface area contributed by atoms with Crippen LogP contribution in [0.5, 0.6) is 5.88 Å². The van der Waals surface area contributed by atoms with Crippen molar-refractivity contribution < 1.29 is 18.4 Å². The van der Waals surface area contributed by atoms with Crippen LogP contribution in [0.4, 0.5) is 20.2 Å². The fourth-order valence-corrected chi connectivity index (χ4v) is 1.05. The maximum atomic E-state index is 12.5. The summed E-state index contributed by atoms with van der Waals surface area (Å²) in [6, 6.07) is 0. The number of halogens is 2. The molecule has 8 heteroatoms. The van der Waals surface area contributed by atoms with Crippen LogP contribution in [0, 0.1) is 10.1 Å². The molecule has 0 unspecified atom stereocenters. The molecule has 0 aliphatic rings. The van der Waals surface area contributed by atoms with Gasteiger partial charge >= 0.3 is 0 Å². The standard InChI is InChI=1S/C7H7F2N3O3/c1-15-7-5(10)4(6(8)9)3(2-11-7)12(13)14/h2,6H,10H2,1H3. The van der Waals surface area contributed by atoms with E-state index in [4.69, 9.17) is 5.73 Å². The lowest BCUT2D eigenvalue weighted by atomic mass is 10.2. The number of hydrogen-bond donors (Lipinski definition) is 1. The Morgan fingerprint density at radius 2 is 2.27 bits per heavy atom. The first kappa shape index (κ1) is 11.1. The molecule has 0 bridgehead atoms. The Morgan fingerprint density at radius 3 is 2.67 bits per heavy atom. The maximum Gasteiger partial charge on any atom is 0.298 e. The summed E-state index contributed by atoms with van der Waals surface area (Å²) < 4.78 is 29.6. The Bertz CT molecular complexity index is 397. The number of rotatable bonds is 3. The van der Waals surface area contributed by atoms with E-state index in [2.05, 4.69) is 9.72 Å². The predicted octanol–water partition coefficient (Wildman–Crippen LogP) is 1.52. The normalized spacial score (nSPS) is 10.4. The SMILES string of the molecule is COc1ncc([N+](=O)[O-])c(C(F)F)c1N. The third-order valence-corrected chi connectivity index (χ3v) is 1.71. The molecule has 0 aromatic carbocycles. The maximum absolute atomic E-state index is 12.5. The molecule has 0 fully saturated rings. The second-order valence-electron chi connectivity index (χ2n) is 2.54. The Kier molecular flexibility index (Phi) is 2.98. The molecular weight excluding hydrogens is 212 g/mol. The highest BCUT2D eigenvalue weighted by Crippen LogP contribution is 2.37. The summed E-state index contributed by atoms with van der Waals surface area (Å²) >= 11 is 0. The van der Waals surface area contributed by atoms with E-state index in [0.29, 0.717) is 6.20 Å². The zero-order chi connectivity index (χ0) is 11.6. The average Bonchev–Trinajstić information content (AvgIpc) is 2.16. The number of aromatic nitrogens is 1. The van der Waals surface area contributed by atoms with Gasteiger partial charge in [-0.3, -0.25) is 10.1 Å². The second kappa shape index (κ2) is 4.03. The molecule has 0 saturated carbocycles. The molecule has 1 aromatic rings. The van der Waals surface area contributed by atoms with Gasteiger partial charge in [0.1, 0.15) is 17.4 Å². The topological polar surface area (TPSA) is 91.3 Å². The van der Waals surface area contributed by atoms with Crippen LogP contribution in [0.15, 0.2) is 6.20 Å². The number of nitrogens with zero attached hydrogens (tertiary/aromatic N) is 2. The van der Waals surface area contributed by atoms with Gasteiger partial charge in [0, 0.05) is 0 Å². The van der Waals surface area contributed by atoms with Crippen LogP contribution in [0.1, 0.15) is 12.0 Å². The Morgan fingerprint density at radius 1 is 1.67 bits per heavy atom. The summed E-state index contributed by atoms with van der Waals surface area (Å²) in [5, 5.41) is 10.4. The predicted molar refractivity (Wildman–Crippen MR) is 46.8 cm³/mol. The van der Waals surface area contributed by atoms with E-state index in [9.17, 15) is 18.9 Å². The summed E-state index contributed by atoms with van der Waals surface area (Å²) in [6.07, 6.45) is -2.36. The second-order valence-corrected chi connectivity index (χ2v) is 2.54. The number of nitro groups is 1. The average molecular weight is 219 g/mol. The highest BCUT2D eigenvalue weighted by molar-refractivity contribution is 5.63. The summed E-state index contributed by atoms with van der Waals surface area (Å²) in [5.41, 5.74) is 3.06. The van der Waals surface area contributed by atoms with E-state index in [1.165, 1.54) is 7.11 Å². The molecule has 0 spiro atoms. The molecule has 1 heterocycles. The first-order valence-electron chi connectivity index (χ1n) is 3.74. The fraction of sp³-hybridized carbons (Fsp3) is 0.286. The van der Waals surface area contributed by atoms with Crippen molar-refractivity contribution in [2.24, 2.45) is 0 Å². The van der Waals surface area contributed by atoms with E-state index in [-0.39, 0.29) is 5.88 Å². The van der Waals surface area contributed by atoms with E-state index in [1.54, 1.807) is 0 Å². The molecule has 1 aromatic heterocycles. The van der Waals surface area contributed by atoms with E-state index in [1.807, 2.05) is 0 Å². The number of hydrogen-bond acceptors (Lipinski definition) is 5. The molecule has 82 valence electrons. The molecule has 0 aliphatic carbocycles. The van der Waals surface area contributed by atoms with Gasteiger partial charge in [-0.25, -0.2) is 13.8 Å². The van der Waals surface area contributed by atoms with E-state index < -0.39 is 28.3 Å².